The van der Waals surface area contributed by atoms with E-state index in [9.17, 15) is 4.79 Å². The predicted molar refractivity (Wildman–Crippen MR) is 141 cm³/mol. The fraction of sp³-hybridized carbons (Fsp3) is 0.964. The van der Waals surface area contributed by atoms with Crippen LogP contribution >= 0.6 is 0 Å². The van der Waals surface area contributed by atoms with Crippen molar-refractivity contribution < 1.29 is 9.22 Å². The molecule has 0 bridgehead atoms. The van der Waals surface area contributed by atoms with E-state index in [0.717, 1.165) is 12.5 Å². The van der Waals surface area contributed by atoms with E-state index in [1.807, 2.05) is 0 Å². The van der Waals surface area contributed by atoms with E-state index >= 15 is 0 Å². The molecular weight excluding hydrogens is 396 g/mol. The highest BCUT2D eigenvalue weighted by molar-refractivity contribution is 6.72. The van der Waals surface area contributed by atoms with Crippen molar-refractivity contribution in [3.05, 3.63) is 0 Å². The first-order valence-corrected chi connectivity index (χ1v) is 17.3. The van der Waals surface area contributed by atoms with Gasteiger partial charge in [0.25, 0.3) is 5.97 Å². The third-order valence-electron chi connectivity index (χ3n) is 6.51. The first-order chi connectivity index (χ1) is 15.0. The smallest absolute Gasteiger partial charge is 0.292 e. The van der Waals surface area contributed by atoms with E-state index in [-0.39, 0.29) is 5.97 Å². The van der Waals surface area contributed by atoms with Gasteiger partial charge < -0.3 is 4.43 Å². The van der Waals surface area contributed by atoms with Crippen LogP contribution in [0.25, 0.3) is 0 Å². The molecule has 3 heteroatoms. The Bertz CT molecular complexity index is 381. The Labute approximate surface area is 197 Å². The topological polar surface area (TPSA) is 26.3 Å². The van der Waals surface area contributed by atoms with Crippen LogP contribution in [0.15, 0.2) is 0 Å². The number of hydrogen-bond donors (Lipinski definition) is 0. The summed E-state index contributed by atoms with van der Waals surface area (Å²) in [6.45, 7) is 8.97. The van der Waals surface area contributed by atoms with E-state index in [1.165, 1.54) is 128 Å². The zero-order chi connectivity index (χ0) is 23.0. The molecular formula is C28H58O2Si. The van der Waals surface area contributed by atoms with Gasteiger partial charge in [0.05, 0.1) is 0 Å². The molecule has 0 aliphatic heterocycles. The molecule has 0 radical (unpaired) electrons. The lowest BCUT2D eigenvalue weighted by Crippen LogP contribution is -2.33. The fourth-order valence-corrected chi connectivity index (χ4v) is 6.30. The Kier molecular flexibility index (Phi) is 22.6. The van der Waals surface area contributed by atoms with Gasteiger partial charge in [-0.25, -0.2) is 0 Å². The largest absolute Gasteiger partial charge is 0.520 e. The van der Waals surface area contributed by atoms with Crippen LogP contribution < -0.4 is 0 Å². The van der Waals surface area contributed by atoms with Crippen LogP contribution in [0.4, 0.5) is 0 Å². The molecule has 0 aromatic rings. The van der Waals surface area contributed by atoms with Crippen molar-refractivity contribution in [2.75, 3.05) is 0 Å². The van der Waals surface area contributed by atoms with Gasteiger partial charge in [-0.15, -0.1) is 0 Å². The van der Waals surface area contributed by atoms with Crippen LogP contribution in [0.1, 0.15) is 155 Å². The number of unbranched alkanes of at least 4 members (excludes halogenated alkanes) is 19. The maximum Gasteiger partial charge on any atom is 0.292 e. The quantitative estimate of drug-likeness (QED) is 0.107. The molecule has 186 valence electrons. The highest BCUT2D eigenvalue weighted by Crippen LogP contribution is 2.19. The summed E-state index contributed by atoms with van der Waals surface area (Å²) in [6, 6.07) is 1.13. The average molecular weight is 455 g/mol. The molecule has 0 atom stereocenters. The SMILES string of the molecule is CCCCCCCCCCCCCCCCCC(=O)O[Si](C)(C)CCCCCCCC. The molecule has 31 heavy (non-hydrogen) atoms. The highest BCUT2D eigenvalue weighted by Gasteiger charge is 2.25. The van der Waals surface area contributed by atoms with Crippen molar-refractivity contribution in [3.63, 3.8) is 0 Å². The lowest BCUT2D eigenvalue weighted by molar-refractivity contribution is -0.135. The third kappa shape index (κ3) is 24.2. The van der Waals surface area contributed by atoms with Gasteiger partial charge in [0.15, 0.2) is 0 Å². The summed E-state index contributed by atoms with van der Waals surface area (Å²) in [5, 5.41) is 0. The zero-order valence-corrected chi connectivity index (χ0v) is 23.1. The minimum absolute atomic E-state index is 0.0670. The highest BCUT2D eigenvalue weighted by atomic mass is 28.4. The molecule has 0 N–H and O–H groups in total. The average Bonchev–Trinajstić information content (AvgIpc) is 2.73. The molecule has 0 rings (SSSR count). The maximum atomic E-state index is 12.2. The predicted octanol–water partition coefficient (Wildman–Crippen LogP) is 10.4. The molecule has 0 spiro atoms. The molecule has 0 saturated heterocycles. The van der Waals surface area contributed by atoms with Gasteiger partial charge in [-0.1, -0.05) is 142 Å². The Hall–Kier alpha value is -0.313. The van der Waals surface area contributed by atoms with Crippen LogP contribution in [0.3, 0.4) is 0 Å². The van der Waals surface area contributed by atoms with E-state index in [2.05, 4.69) is 26.9 Å². The summed E-state index contributed by atoms with van der Waals surface area (Å²) in [7, 11) is -1.79. The Morgan fingerprint density at radius 3 is 1.23 bits per heavy atom. The Morgan fingerprint density at radius 1 is 0.516 bits per heavy atom. The summed E-state index contributed by atoms with van der Waals surface area (Å²) in [6.07, 6.45) is 28.9. The van der Waals surface area contributed by atoms with Gasteiger partial charge >= 0.3 is 0 Å². The number of carbonyl (C=O) groups excluding carboxylic acids is 1. The minimum atomic E-state index is -1.79. The monoisotopic (exact) mass is 454 g/mol. The second-order valence-corrected chi connectivity index (χ2v) is 14.7. The number of rotatable bonds is 24. The van der Waals surface area contributed by atoms with Crippen molar-refractivity contribution in [1.82, 2.24) is 0 Å². The van der Waals surface area contributed by atoms with Gasteiger partial charge in [0.2, 0.25) is 8.32 Å². The number of hydrogen-bond acceptors (Lipinski definition) is 2. The normalized spacial score (nSPS) is 11.7. The van der Waals surface area contributed by atoms with E-state index in [4.69, 9.17) is 4.43 Å². The van der Waals surface area contributed by atoms with Crippen LogP contribution in [-0.2, 0) is 9.22 Å². The Balaban J connectivity index is 3.39. The van der Waals surface area contributed by atoms with Crippen LogP contribution in [-0.4, -0.2) is 14.3 Å². The van der Waals surface area contributed by atoms with E-state index in [0.29, 0.717) is 6.42 Å². The molecule has 0 aromatic carbocycles. The van der Waals surface area contributed by atoms with Gasteiger partial charge in [-0.3, -0.25) is 4.79 Å². The summed E-state index contributed by atoms with van der Waals surface area (Å²) in [5.41, 5.74) is 0. The standard InChI is InChI=1S/C28H58O2Si/c1-5-7-9-11-13-14-15-16-17-18-19-20-21-22-24-26-28(29)30-31(3,4)27-25-23-12-10-8-6-2/h5-27H2,1-4H3. The van der Waals surface area contributed by atoms with Gasteiger partial charge in [0.1, 0.15) is 0 Å². The zero-order valence-electron chi connectivity index (χ0n) is 22.1. The molecule has 0 aliphatic rings. The van der Waals surface area contributed by atoms with Crippen LogP contribution in [0.2, 0.25) is 19.1 Å². The number of carbonyl (C=O) groups is 1. The fourth-order valence-electron chi connectivity index (χ4n) is 4.38. The van der Waals surface area contributed by atoms with Gasteiger partial charge in [-0.2, -0.15) is 0 Å². The van der Waals surface area contributed by atoms with Crippen molar-refractivity contribution in [2.24, 2.45) is 0 Å². The molecule has 0 unspecified atom stereocenters. The molecule has 0 amide bonds. The molecule has 0 saturated carbocycles. The second-order valence-electron chi connectivity index (χ2n) is 10.5. The van der Waals surface area contributed by atoms with Gasteiger partial charge in [-0.05, 0) is 25.6 Å². The van der Waals surface area contributed by atoms with Crippen molar-refractivity contribution >= 4 is 14.3 Å². The molecule has 0 fully saturated rings. The second kappa shape index (κ2) is 22.9. The lowest BCUT2D eigenvalue weighted by atomic mass is 10.0. The summed E-state index contributed by atoms with van der Waals surface area (Å²) < 4.78 is 5.88. The molecule has 0 heterocycles. The van der Waals surface area contributed by atoms with Crippen molar-refractivity contribution in [2.45, 2.75) is 174 Å². The van der Waals surface area contributed by atoms with E-state index in [1.54, 1.807) is 0 Å². The Morgan fingerprint density at radius 2 is 0.839 bits per heavy atom. The summed E-state index contributed by atoms with van der Waals surface area (Å²) in [4.78, 5) is 12.2. The molecule has 0 aromatic heterocycles. The third-order valence-corrected chi connectivity index (χ3v) is 8.84. The van der Waals surface area contributed by atoms with Crippen molar-refractivity contribution in [3.8, 4) is 0 Å². The van der Waals surface area contributed by atoms with Crippen LogP contribution in [0, 0.1) is 0 Å². The molecule has 2 nitrogen and oxygen atoms in total. The first-order valence-electron chi connectivity index (χ1n) is 14.2. The van der Waals surface area contributed by atoms with Gasteiger partial charge in [0, 0.05) is 6.42 Å². The maximum absolute atomic E-state index is 12.2. The summed E-state index contributed by atoms with van der Waals surface area (Å²) >= 11 is 0. The summed E-state index contributed by atoms with van der Waals surface area (Å²) in [5.74, 6) is 0.0670. The molecule has 0 aliphatic carbocycles. The minimum Gasteiger partial charge on any atom is -0.520 e. The van der Waals surface area contributed by atoms with E-state index < -0.39 is 8.32 Å². The lowest BCUT2D eigenvalue weighted by Gasteiger charge is -2.22. The first kappa shape index (κ1) is 30.7. The van der Waals surface area contributed by atoms with Crippen LogP contribution in [0.5, 0.6) is 0 Å². The van der Waals surface area contributed by atoms with Crippen molar-refractivity contribution in [1.29, 1.82) is 0 Å².